The second-order valence-electron chi connectivity index (χ2n) is 13.3. The Balaban J connectivity index is 1.26. The number of ether oxygens (including phenoxy) is 2. The zero-order valence-electron chi connectivity index (χ0n) is 29.6. The smallest absolute Gasteiger partial charge is 0.449 e. The van der Waals surface area contributed by atoms with Gasteiger partial charge in [0, 0.05) is 49.9 Å². The number of imidazole rings is 2. The summed E-state index contributed by atoms with van der Waals surface area (Å²) in [7, 11) is 4.86. The summed E-state index contributed by atoms with van der Waals surface area (Å²) in [5, 5.41) is 5.51. The Labute approximate surface area is 298 Å². The fourth-order valence-electron chi connectivity index (χ4n) is 7.20. The van der Waals surface area contributed by atoms with Gasteiger partial charge in [0.25, 0.3) is 0 Å². The molecule has 0 spiro atoms. The number of carbonyl (C=O) groups excluding carboxylic acids is 1. The van der Waals surface area contributed by atoms with Crippen LogP contribution in [-0.4, -0.2) is 82.8 Å². The van der Waals surface area contributed by atoms with E-state index in [1.807, 2.05) is 49.6 Å². The number of nitrogens with one attached hydrogen (secondary N) is 1. The number of benzene rings is 2. The maximum atomic E-state index is 14.3. The second kappa shape index (κ2) is 13.9. The van der Waals surface area contributed by atoms with E-state index in [1.54, 1.807) is 29.0 Å². The number of aryl methyl sites for hydroxylation is 1. The first kappa shape index (κ1) is 35.0. The summed E-state index contributed by atoms with van der Waals surface area (Å²) in [5.41, 5.74) is 3.30. The summed E-state index contributed by atoms with van der Waals surface area (Å²) in [6.45, 7) is 4.57. The number of likely N-dealkylation sites (tertiary alicyclic amines) is 1. The lowest BCUT2D eigenvalue weighted by Gasteiger charge is -2.44. The van der Waals surface area contributed by atoms with Crippen LogP contribution in [0.5, 0.6) is 11.6 Å². The van der Waals surface area contributed by atoms with Gasteiger partial charge in [0.2, 0.25) is 17.6 Å². The molecule has 1 aliphatic rings. The van der Waals surface area contributed by atoms with Crippen molar-refractivity contribution in [3.8, 4) is 22.9 Å². The van der Waals surface area contributed by atoms with E-state index in [-0.39, 0.29) is 23.1 Å². The number of para-hydroxylation sites is 1. The molecular weight excluding hydrogens is 675 g/mol. The standard InChI is InChI=1S/C37H40F3N9O3/c1-22(2)48(20-24-12-14-46(3)45-24)25-13-15-47(33(50)21-49-31-18-26(51-4)10-11-29(31)44-36(49)37(38,39)40)32(17-25)34-41-19-30(42-34)27-16-23-8-6-7-9-28(23)43-35(27)52-5/h6-12,14,16,18-19,22,25,32H,13,15,17,20-21H2,1-5H3,(H,41,42)/t25-,32-/m0/s1. The molecule has 5 heterocycles. The van der Waals surface area contributed by atoms with Crippen LogP contribution in [0.15, 0.2) is 67.0 Å². The first-order valence-electron chi connectivity index (χ1n) is 17.1. The van der Waals surface area contributed by atoms with Crippen LogP contribution < -0.4 is 9.47 Å². The Morgan fingerprint density at radius 3 is 2.58 bits per heavy atom. The first-order valence-corrected chi connectivity index (χ1v) is 17.1. The van der Waals surface area contributed by atoms with Crippen LogP contribution in [0.25, 0.3) is 33.2 Å². The van der Waals surface area contributed by atoms with Crippen molar-refractivity contribution in [1.29, 1.82) is 0 Å². The third kappa shape index (κ3) is 6.79. The van der Waals surface area contributed by atoms with Gasteiger partial charge in [-0.3, -0.25) is 14.4 Å². The average Bonchev–Trinajstić information content (AvgIpc) is 3.88. The van der Waals surface area contributed by atoms with Crippen LogP contribution in [0.2, 0.25) is 0 Å². The monoisotopic (exact) mass is 715 g/mol. The van der Waals surface area contributed by atoms with Crippen molar-refractivity contribution < 1.29 is 27.4 Å². The van der Waals surface area contributed by atoms with E-state index < -0.39 is 30.5 Å². The number of pyridine rings is 1. The third-order valence-electron chi connectivity index (χ3n) is 9.73. The number of hydrogen-bond acceptors (Lipinski definition) is 8. The van der Waals surface area contributed by atoms with E-state index in [9.17, 15) is 18.0 Å². The van der Waals surface area contributed by atoms with Gasteiger partial charge in [-0.25, -0.2) is 15.0 Å². The van der Waals surface area contributed by atoms with Crippen LogP contribution in [0, 0.1) is 0 Å². The normalized spacial score (nSPS) is 16.8. The minimum atomic E-state index is -4.79. The summed E-state index contributed by atoms with van der Waals surface area (Å²) in [6.07, 6.45) is -0.107. The number of nitrogens with zero attached hydrogens (tertiary/aromatic N) is 8. The topological polar surface area (TPSA) is 119 Å². The largest absolute Gasteiger partial charge is 0.497 e. The number of piperidine rings is 1. The van der Waals surface area contributed by atoms with E-state index >= 15 is 0 Å². The summed E-state index contributed by atoms with van der Waals surface area (Å²) >= 11 is 0. The van der Waals surface area contributed by atoms with E-state index in [1.165, 1.54) is 19.2 Å². The Bertz CT molecular complexity index is 2220. The number of carbonyl (C=O) groups is 1. The van der Waals surface area contributed by atoms with Gasteiger partial charge in [-0.2, -0.15) is 18.3 Å². The highest BCUT2D eigenvalue weighted by Gasteiger charge is 2.41. The van der Waals surface area contributed by atoms with Crippen LogP contribution in [0.4, 0.5) is 13.2 Å². The minimum Gasteiger partial charge on any atom is -0.497 e. The van der Waals surface area contributed by atoms with Crippen molar-refractivity contribution in [2.45, 2.75) is 64.1 Å². The number of hydrogen-bond donors (Lipinski definition) is 1. The summed E-state index contributed by atoms with van der Waals surface area (Å²) in [5.74, 6) is -0.352. The highest BCUT2D eigenvalue weighted by atomic mass is 19.4. The lowest BCUT2D eigenvalue weighted by Crippen LogP contribution is -2.50. The average molecular weight is 716 g/mol. The van der Waals surface area contributed by atoms with Gasteiger partial charge in [-0.15, -0.1) is 0 Å². The fourth-order valence-corrected chi connectivity index (χ4v) is 7.20. The van der Waals surface area contributed by atoms with Gasteiger partial charge in [0.1, 0.15) is 18.1 Å². The molecule has 1 amide bonds. The molecule has 7 rings (SSSR count). The Hall–Kier alpha value is -5.44. The van der Waals surface area contributed by atoms with Crippen LogP contribution in [0.1, 0.15) is 50.1 Å². The van der Waals surface area contributed by atoms with Gasteiger partial charge in [-0.1, -0.05) is 18.2 Å². The molecule has 1 aliphatic heterocycles. The number of aromatic nitrogens is 7. The Morgan fingerprint density at radius 2 is 1.87 bits per heavy atom. The van der Waals surface area contributed by atoms with Gasteiger partial charge in [0.15, 0.2) is 0 Å². The second-order valence-corrected chi connectivity index (χ2v) is 13.3. The van der Waals surface area contributed by atoms with E-state index in [0.29, 0.717) is 54.6 Å². The van der Waals surface area contributed by atoms with Crippen molar-refractivity contribution in [1.82, 2.24) is 44.1 Å². The molecule has 6 aromatic rings. The molecule has 0 bridgehead atoms. The summed E-state index contributed by atoms with van der Waals surface area (Å²) in [4.78, 5) is 35.1. The number of halogens is 3. The molecule has 0 unspecified atom stereocenters. The molecular formula is C37H40F3N9O3. The molecule has 2 atom stereocenters. The van der Waals surface area contributed by atoms with Gasteiger partial charge >= 0.3 is 6.18 Å². The third-order valence-corrected chi connectivity index (χ3v) is 9.73. The SMILES string of the molecule is COc1ccc2nc(C(F)(F)F)n(CC(=O)N3CC[C@H](N(Cc4ccn(C)n4)C(C)C)C[C@H]3c3ncc(-c4cc5ccccc5nc4OC)[nH]3)c2c1. The molecule has 52 heavy (non-hydrogen) atoms. The van der Waals surface area contributed by atoms with Crippen molar-refractivity contribution in [3.05, 3.63) is 84.3 Å². The number of methoxy groups -OCH3 is 2. The van der Waals surface area contributed by atoms with Crippen LogP contribution >= 0.6 is 0 Å². The molecule has 12 nitrogen and oxygen atoms in total. The first-order chi connectivity index (χ1) is 24.9. The molecule has 0 radical (unpaired) electrons. The quantitative estimate of drug-likeness (QED) is 0.174. The van der Waals surface area contributed by atoms with Crippen molar-refractivity contribution in [3.63, 3.8) is 0 Å². The number of alkyl halides is 3. The molecule has 15 heteroatoms. The molecule has 2 aromatic carbocycles. The molecule has 0 aliphatic carbocycles. The zero-order valence-corrected chi connectivity index (χ0v) is 29.6. The molecule has 1 N–H and O–H groups in total. The van der Waals surface area contributed by atoms with Crippen molar-refractivity contribution in [2.75, 3.05) is 20.8 Å². The summed E-state index contributed by atoms with van der Waals surface area (Å²) in [6, 6.07) is 15.7. The van der Waals surface area contributed by atoms with Crippen molar-refractivity contribution >= 4 is 27.8 Å². The molecule has 0 saturated carbocycles. The Kier molecular flexibility index (Phi) is 9.38. The fraction of sp³-hybridized carbons (Fsp3) is 0.378. The van der Waals surface area contributed by atoms with E-state index in [4.69, 9.17) is 14.5 Å². The summed E-state index contributed by atoms with van der Waals surface area (Å²) < 4.78 is 56.7. The maximum absolute atomic E-state index is 14.3. The van der Waals surface area contributed by atoms with Crippen LogP contribution in [0.3, 0.4) is 0 Å². The predicted octanol–water partition coefficient (Wildman–Crippen LogP) is 6.39. The van der Waals surface area contributed by atoms with E-state index in [0.717, 1.165) is 21.2 Å². The van der Waals surface area contributed by atoms with Gasteiger partial charge in [0.05, 0.1) is 60.0 Å². The lowest BCUT2D eigenvalue weighted by atomic mass is 9.93. The highest BCUT2D eigenvalue weighted by Crippen LogP contribution is 2.38. The van der Waals surface area contributed by atoms with Crippen molar-refractivity contribution in [2.24, 2.45) is 7.05 Å². The minimum absolute atomic E-state index is 0.0190. The molecule has 1 saturated heterocycles. The van der Waals surface area contributed by atoms with Crippen LogP contribution in [-0.2, 0) is 31.1 Å². The number of aromatic amines is 1. The number of H-pyrrole nitrogens is 1. The molecule has 1 fully saturated rings. The number of amides is 1. The zero-order chi connectivity index (χ0) is 36.7. The molecule has 272 valence electrons. The lowest BCUT2D eigenvalue weighted by molar-refractivity contribution is -0.148. The van der Waals surface area contributed by atoms with Gasteiger partial charge < -0.3 is 23.9 Å². The molecule has 4 aromatic heterocycles. The maximum Gasteiger partial charge on any atom is 0.449 e. The highest BCUT2D eigenvalue weighted by molar-refractivity contribution is 5.86. The van der Waals surface area contributed by atoms with Gasteiger partial charge in [-0.05, 0) is 57.0 Å². The van der Waals surface area contributed by atoms with E-state index in [2.05, 4.69) is 38.8 Å². The number of rotatable bonds is 10. The number of fused-ring (bicyclic) bond motifs is 2. The predicted molar refractivity (Wildman–Crippen MR) is 189 cm³/mol. The Morgan fingerprint density at radius 1 is 1.06 bits per heavy atom.